The largest absolute Gasteiger partial charge is 0.493 e. The standard InChI is InChI=1S/C23H17Cl2NO6/c1-30-22-13-15(5-11-21(22)31-14-18-19(24)3-2-4-20(18)25)6-12-23(27)32-17-9-7-16(8-10-17)26(28)29/h2-13H,14H2,1H3/b12-6+. The van der Waals surface area contributed by atoms with Crippen LogP contribution in [-0.2, 0) is 11.4 Å². The molecule has 7 nitrogen and oxygen atoms in total. The van der Waals surface area contributed by atoms with Crippen LogP contribution in [0.5, 0.6) is 17.2 Å². The zero-order chi connectivity index (χ0) is 23.1. The molecule has 0 bridgehead atoms. The molecule has 0 aliphatic rings. The number of carbonyl (C=O) groups excluding carboxylic acids is 1. The molecule has 0 amide bonds. The van der Waals surface area contributed by atoms with Gasteiger partial charge in [-0.05, 0) is 48.0 Å². The Bertz CT molecular complexity index is 1140. The predicted molar refractivity (Wildman–Crippen MR) is 122 cm³/mol. The van der Waals surface area contributed by atoms with Gasteiger partial charge in [0.2, 0.25) is 0 Å². The molecule has 3 aromatic rings. The summed E-state index contributed by atoms with van der Waals surface area (Å²) in [5, 5.41) is 11.7. The highest BCUT2D eigenvalue weighted by Crippen LogP contribution is 2.31. The Morgan fingerprint density at radius 3 is 2.34 bits per heavy atom. The Morgan fingerprint density at radius 2 is 1.72 bits per heavy atom. The third kappa shape index (κ3) is 6.00. The first-order valence-corrected chi connectivity index (χ1v) is 10.0. The topological polar surface area (TPSA) is 87.9 Å². The van der Waals surface area contributed by atoms with Crippen molar-refractivity contribution in [3.8, 4) is 17.2 Å². The SMILES string of the molecule is COc1cc(/C=C/C(=O)Oc2ccc([N+](=O)[O-])cc2)ccc1OCc1c(Cl)cccc1Cl. The van der Waals surface area contributed by atoms with Crippen molar-refractivity contribution in [2.24, 2.45) is 0 Å². The Morgan fingerprint density at radius 1 is 1.03 bits per heavy atom. The lowest BCUT2D eigenvalue weighted by atomic mass is 10.2. The maximum absolute atomic E-state index is 12.0. The molecule has 3 aromatic carbocycles. The van der Waals surface area contributed by atoms with Gasteiger partial charge in [-0.25, -0.2) is 4.79 Å². The minimum atomic E-state index is -0.633. The second-order valence-corrected chi connectivity index (χ2v) is 7.22. The smallest absolute Gasteiger partial charge is 0.336 e. The van der Waals surface area contributed by atoms with Crippen LogP contribution >= 0.6 is 23.2 Å². The van der Waals surface area contributed by atoms with Gasteiger partial charge in [-0.2, -0.15) is 0 Å². The van der Waals surface area contributed by atoms with Crippen LogP contribution in [0.4, 0.5) is 5.69 Å². The van der Waals surface area contributed by atoms with Crippen molar-refractivity contribution in [1.82, 2.24) is 0 Å². The molecule has 9 heteroatoms. The van der Waals surface area contributed by atoms with Crippen molar-refractivity contribution in [2.45, 2.75) is 6.61 Å². The van der Waals surface area contributed by atoms with Crippen molar-refractivity contribution in [2.75, 3.05) is 7.11 Å². The second kappa shape index (κ2) is 10.7. The monoisotopic (exact) mass is 473 g/mol. The number of hydrogen-bond donors (Lipinski definition) is 0. The zero-order valence-corrected chi connectivity index (χ0v) is 18.3. The maximum atomic E-state index is 12.0. The Balaban J connectivity index is 1.65. The van der Waals surface area contributed by atoms with Crippen LogP contribution < -0.4 is 14.2 Å². The quantitative estimate of drug-likeness (QED) is 0.129. The van der Waals surface area contributed by atoms with E-state index in [4.69, 9.17) is 37.4 Å². The molecule has 32 heavy (non-hydrogen) atoms. The van der Waals surface area contributed by atoms with Gasteiger partial charge in [-0.15, -0.1) is 0 Å². The van der Waals surface area contributed by atoms with E-state index in [0.29, 0.717) is 32.7 Å². The van der Waals surface area contributed by atoms with Crippen LogP contribution in [0.2, 0.25) is 10.0 Å². The van der Waals surface area contributed by atoms with E-state index in [1.807, 2.05) is 0 Å². The number of carbonyl (C=O) groups is 1. The molecule has 0 radical (unpaired) electrons. The third-order valence-corrected chi connectivity index (χ3v) is 5.01. The second-order valence-electron chi connectivity index (χ2n) is 6.40. The molecule has 0 heterocycles. The molecule has 0 fully saturated rings. The van der Waals surface area contributed by atoms with Crippen LogP contribution in [0.1, 0.15) is 11.1 Å². The van der Waals surface area contributed by atoms with Gasteiger partial charge in [0.15, 0.2) is 11.5 Å². The van der Waals surface area contributed by atoms with Gasteiger partial charge >= 0.3 is 5.97 Å². The van der Waals surface area contributed by atoms with Crippen molar-refractivity contribution in [3.63, 3.8) is 0 Å². The van der Waals surface area contributed by atoms with E-state index in [2.05, 4.69) is 0 Å². The normalized spacial score (nSPS) is 10.7. The van der Waals surface area contributed by atoms with Gasteiger partial charge in [0.05, 0.1) is 12.0 Å². The van der Waals surface area contributed by atoms with Gasteiger partial charge in [0.1, 0.15) is 12.4 Å². The van der Waals surface area contributed by atoms with Crippen LogP contribution in [0.3, 0.4) is 0 Å². The molecule has 0 aromatic heterocycles. The lowest BCUT2D eigenvalue weighted by Gasteiger charge is -2.13. The highest BCUT2D eigenvalue weighted by atomic mass is 35.5. The number of ether oxygens (including phenoxy) is 3. The van der Waals surface area contributed by atoms with Gasteiger partial charge in [-0.3, -0.25) is 10.1 Å². The number of benzene rings is 3. The highest BCUT2D eigenvalue weighted by Gasteiger charge is 2.10. The van der Waals surface area contributed by atoms with E-state index in [-0.39, 0.29) is 18.0 Å². The van der Waals surface area contributed by atoms with Crippen molar-refractivity contribution in [3.05, 3.63) is 98.0 Å². The number of rotatable bonds is 8. The van der Waals surface area contributed by atoms with Crippen LogP contribution in [0, 0.1) is 10.1 Å². The molecular weight excluding hydrogens is 457 g/mol. The van der Waals surface area contributed by atoms with E-state index in [1.165, 1.54) is 37.5 Å². The molecular formula is C23H17Cl2NO6. The minimum Gasteiger partial charge on any atom is -0.493 e. The first-order chi connectivity index (χ1) is 15.4. The lowest BCUT2D eigenvalue weighted by molar-refractivity contribution is -0.384. The number of methoxy groups -OCH3 is 1. The van der Waals surface area contributed by atoms with Crippen molar-refractivity contribution < 1.29 is 23.9 Å². The highest BCUT2D eigenvalue weighted by molar-refractivity contribution is 6.35. The summed E-state index contributed by atoms with van der Waals surface area (Å²) in [5.41, 5.74) is 1.24. The van der Waals surface area contributed by atoms with Crippen LogP contribution in [-0.4, -0.2) is 18.0 Å². The van der Waals surface area contributed by atoms with Gasteiger partial charge in [-0.1, -0.05) is 35.3 Å². The average Bonchev–Trinajstić information content (AvgIpc) is 2.78. The summed E-state index contributed by atoms with van der Waals surface area (Å²) in [7, 11) is 1.50. The summed E-state index contributed by atoms with van der Waals surface area (Å²) in [6.45, 7) is 0.158. The van der Waals surface area contributed by atoms with Crippen molar-refractivity contribution in [1.29, 1.82) is 0 Å². The molecule has 3 rings (SSSR count). The molecule has 164 valence electrons. The fourth-order valence-corrected chi connectivity index (χ4v) is 3.18. The molecule has 0 aliphatic carbocycles. The lowest BCUT2D eigenvalue weighted by Crippen LogP contribution is -2.03. The Hall–Kier alpha value is -3.55. The summed E-state index contributed by atoms with van der Waals surface area (Å²) >= 11 is 12.3. The Kier molecular flexibility index (Phi) is 7.70. The molecule has 0 N–H and O–H groups in total. The summed E-state index contributed by atoms with van der Waals surface area (Å²) in [6, 6.07) is 15.6. The average molecular weight is 474 g/mol. The van der Waals surface area contributed by atoms with Gasteiger partial charge < -0.3 is 14.2 Å². The van der Waals surface area contributed by atoms with Gasteiger partial charge in [0, 0.05) is 33.8 Å². The number of hydrogen-bond acceptors (Lipinski definition) is 6. The molecule has 0 saturated heterocycles. The minimum absolute atomic E-state index is 0.0912. The number of non-ortho nitro benzene ring substituents is 1. The first kappa shape index (κ1) is 23.1. The number of halogens is 2. The number of nitro groups is 1. The molecule has 0 aliphatic heterocycles. The summed E-state index contributed by atoms with van der Waals surface area (Å²) in [5.74, 6) is 0.504. The molecule has 0 atom stereocenters. The van der Waals surface area contributed by atoms with E-state index in [1.54, 1.807) is 42.5 Å². The van der Waals surface area contributed by atoms with E-state index < -0.39 is 10.9 Å². The van der Waals surface area contributed by atoms with E-state index >= 15 is 0 Å². The first-order valence-electron chi connectivity index (χ1n) is 9.25. The summed E-state index contributed by atoms with van der Waals surface area (Å²) in [6.07, 6.45) is 2.78. The predicted octanol–water partition coefficient (Wildman–Crippen LogP) is 6.11. The summed E-state index contributed by atoms with van der Waals surface area (Å²) < 4.78 is 16.3. The molecule has 0 unspecified atom stereocenters. The van der Waals surface area contributed by atoms with Crippen LogP contribution in [0.15, 0.2) is 66.7 Å². The van der Waals surface area contributed by atoms with Crippen molar-refractivity contribution >= 4 is 40.9 Å². The van der Waals surface area contributed by atoms with E-state index in [0.717, 1.165) is 0 Å². The van der Waals surface area contributed by atoms with Crippen LogP contribution in [0.25, 0.3) is 6.08 Å². The summed E-state index contributed by atoms with van der Waals surface area (Å²) in [4.78, 5) is 22.2. The zero-order valence-electron chi connectivity index (χ0n) is 16.8. The number of nitro benzene ring substituents is 1. The fraction of sp³-hybridized carbons (Fsp3) is 0.0870. The third-order valence-electron chi connectivity index (χ3n) is 4.30. The molecule has 0 saturated carbocycles. The number of nitrogens with zero attached hydrogens (tertiary/aromatic N) is 1. The van der Waals surface area contributed by atoms with E-state index in [9.17, 15) is 14.9 Å². The Labute approximate surface area is 193 Å². The fourth-order valence-electron chi connectivity index (χ4n) is 2.68. The molecule has 0 spiro atoms. The maximum Gasteiger partial charge on any atom is 0.336 e. The number of esters is 1. The van der Waals surface area contributed by atoms with Gasteiger partial charge in [0.25, 0.3) is 5.69 Å².